The van der Waals surface area contributed by atoms with Gasteiger partial charge in [-0.2, -0.15) is 0 Å². The number of carbonyl (C=O) groups excluding carboxylic acids is 4. The van der Waals surface area contributed by atoms with Crippen LogP contribution >= 0.6 is 0 Å². The summed E-state index contributed by atoms with van der Waals surface area (Å²) in [6.07, 6.45) is 1.53. The number of fused-ring (bicyclic) bond motifs is 2. The fourth-order valence-corrected chi connectivity index (χ4v) is 4.01. The van der Waals surface area contributed by atoms with Crippen LogP contribution in [0.15, 0.2) is 48.7 Å². The Morgan fingerprint density at radius 1 is 0.725 bits per heavy atom. The number of anilines is 1. The second-order valence-electron chi connectivity index (χ2n) is 11.1. The van der Waals surface area contributed by atoms with Gasteiger partial charge < -0.3 is 18.9 Å². The number of methoxy groups -OCH3 is 2. The molecule has 2 heterocycles. The third-order valence-electron chi connectivity index (χ3n) is 5.71. The molecule has 0 atom stereocenters. The van der Waals surface area contributed by atoms with E-state index in [9.17, 15) is 19.2 Å². The van der Waals surface area contributed by atoms with E-state index < -0.39 is 23.3 Å². The molecule has 4 rings (SSSR count). The average Bonchev–Trinajstić information content (AvgIpc) is 3.49. The van der Waals surface area contributed by atoms with Gasteiger partial charge in [-0.15, -0.1) is 0 Å². The minimum absolute atomic E-state index is 0.359. The lowest BCUT2D eigenvalue weighted by molar-refractivity contribution is 0.0540. The molecular weight excluding hydrogens is 516 g/mol. The molecule has 10 nitrogen and oxygen atoms in total. The Morgan fingerprint density at radius 2 is 1.27 bits per heavy atom. The van der Waals surface area contributed by atoms with Crippen LogP contribution in [0.2, 0.25) is 0 Å². The van der Waals surface area contributed by atoms with Crippen molar-refractivity contribution in [2.45, 2.75) is 59.2 Å². The number of nitrogens with zero attached hydrogens (tertiary/aromatic N) is 2. The van der Waals surface area contributed by atoms with E-state index in [4.69, 9.17) is 14.2 Å². The Bertz CT molecular complexity index is 1430. The molecule has 1 amide bonds. The number of hydrogen-bond donors (Lipinski definition) is 0. The minimum Gasteiger partial charge on any atom is -0.465 e. The van der Waals surface area contributed by atoms with Gasteiger partial charge in [0.15, 0.2) is 0 Å². The van der Waals surface area contributed by atoms with Gasteiger partial charge in [0, 0.05) is 18.1 Å². The molecule has 0 unspecified atom stereocenters. The molecule has 3 aromatic rings. The summed E-state index contributed by atoms with van der Waals surface area (Å²) in [4.78, 5) is 48.7. The first-order chi connectivity index (χ1) is 18.6. The Labute approximate surface area is 233 Å². The summed E-state index contributed by atoms with van der Waals surface area (Å²) in [5.41, 5.74) is 2.31. The maximum Gasteiger partial charge on any atom is 0.418 e. The predicted octanol–water partition coefficient (Wildman–Crippen LogP) is 5.98. The van der Waals surface area contributed by atoms with Crippen LogP contribution in [0.1, 0.15) is 67.8 Å². The van der Waals surface area contributed by atoms with Crippen molar-refractivity contribution in [3.05, 3.63) is 65.4 Å². The number of aromatic nitrogens is 1. The fourth-order valence-electron chi connectivity index (χ4n) is 4.01. The van der Waals surface area contributed by atoms with Gasteiger partial charge >= 0.3 is 24.1 Å². The number of benzene rings is 2. The van der Waals surface area contributed by atoms with E-state index in [0.29, 0.717) is 29.6 Å². The van der Waals surface area contributed by atoms with Gasteiger partial charge in [0.05, 0.1) is 36.6 Å². The summed E-state index contributed by atoms with van der Waals surface area (Å²) >= 11 is 0. The van der Waals surface area contributed by atoms with Gasteiger partial charge in [-0.1, -0.05) is 0 Å². The maximum absolute atomic E-state index is 12.1. The molecule has 0 saturated heterocycles. The van der Waals surface area contributed by atoms with E-state index in [1.165, 1.54) is 18.8 Å². The van der Waals surface area contributed by atoms with Gasteiger partial charge in [0.2, 0.25) is 0 Å². The normalized spacial score (nSPS) is 12.7. The minimum atomic E-state index is -0.556. The number of rotatable bonds is 2. The van der Waals surface area contributed by atoms with E-state index in [1.807, 2.05) is 41.5 Å². The standard InChI is InChI=1S/C15H19NO4.C15H17NO4/c2*1-15(2,3)20-14(18)16-8-7-10-9-11(13(17)19-4)5-6-12(10)16/h5-6,9H,7-8H2,1-4H3;5-9H,1-4H3. The Hall–Kier alpha value is -4.34. The van der Waals surface area contributed by atoms with E-state index in [-0.39, 0.29) is 12.1 Å². The Balaban J connectivity index is 0.000000220. The van der Waals surface area contributed by atoms with Crippen molar-refractivity contribution in [2.24, 2.45) is 0 Å². The van der Waals surface area contributed by atoms with Gasteiger partial charge in [-0.25, -0.2) is 19.2 Å². The fraction of sp³-hybridized carbons (Fsp3) is 0.400. The molecule has 0 fully saturated rings. The summed E-state index contributed by atoms with van der Waals surface area (Å²) in [7, 11) is 2.68. The molecule has 0 bridgehead atoms. The van der Waals surface area contributed by atoms with Crippen LogP contribution in [0.25, 0.3) is 10.9 Å². The largest absolute Gasteiger partial charge is 0.465 e. The summed E-state index contributed by atoms with van der Waals surface area (Å²) in [6, 6.07) is 12.0. The van der Waals surface area contributed by atoms with Crippen LogP contribution in [0.5, 0.6) is 0 Å². The highest BCUT2D eigenvalue weighted by Gasteiger charge is 2.29. The Morgan fingerprint density at radius 3 is 1.85 bits per heavy atom. The number of amides is 1. The molecular formula is C30H36N2O8. The summed E-state index contributed by atoms with van der Waals surface area (Å²) in [5.74, 6) is -0.777. The van der Waals surface area contributed by atoms with Gasteiger partial charge in [0.25, 0.3) is 0 Å². The smallest absolute Gasteiger partial charge is 0.418 e. The second-order valence-corrected chi connectivity index (χ2v) is 11.1. The van der Waals surface area contributed by atoms with Crippen molar-refractivity contribution in [2.75, 3.05) is 25.7 Å². The van der Waals surface area contributed by atoms with E-state index in [0.717, 1.165) is 16.6 Å². The van der Waals surface area contributed by atoms with Gasteiger partial charge in [0.1, 0.15) is 11.2 Å². The van der Waals surface area contributed by atoms with Crippen LogP contribution in [0, 0.1) is 0 Å². The highest BCUT2D eigenvalue weighted by atomic mass is 16.6. The van der Waals surface area contributed by atoms with Crippen molar-refractivity contribution in [3.8, 4) is 0 Å². The number of ether oxygens (including phenoxy) is 4. The first-order valence-electron chi connectivity index (χ1n) is 12.8. The van der Waals surface area contributed by atoms with Crippen LogP contribution in [0.4, 0.5) is 15.3 Å². The molecule has 10 heteroatoms. The zero-order valence-electron chi connectivity index (χ0n) is 24.2. The van der Waals surface area contributed by atoms with E-state index >= 15 is 0 Å². The molecule has 0 radical (unpaired) electrons. The average molecular weight is 553 g/mol. The SMILES string of the molecule is COC(=O)c1ccc2c(c1)CCN2C(=O)OC(C)(C)C.COC(=O)c1ccc2c(ccn2C(=O)OC(C)(C)C)c1. The maximum atomic E-state index is 12.1. The molecule has 1 aliphatic rings. The topological polar surface area (TPSA) is 113 Å². The zero-order valence-corrected chi connectivity index (χ0v) is 24.2. The number of hydrogen-bond acceptors (Lipinski definition) is 8. The van der Waals surface area contributed by atoms with Crippen molar-refractivity contribution in [3.63, 3.8) is 0 Å². The van der Waals surface area contributed by atoms with Crippen molar-refractivity contribution in [1.82, 2.24) is 4.57 Å². The van der Waals surface area contributed by atoms with Crippen LogP contribution in [-0.2, 0) is 25.4 Å². The van der Waals surface area contributed by atoms with E-state index in [1.54, 1.807) is 53.6 Å². The molecule has 0 aliphatic carbocycles. The van der Waals surface area contributed by atoms with Crippen molar-refractivity contribution >= 4 is 40.7 Å². The first-order valence-corrected chi connectivity index (χ1v) is 12.8. The summed E-state index contributed by atoms with van der Waals surface area (Å²) in [6.45, 7) is 11.5. The molecule has 214 valence electrons. The predicted molar refractivity (Wildman–Crippen MR) is 150 cm³/mol. The van der Waals surface area contributed by atoms with Crippen molar-refractivity contribution < 1.29 is 38.1 Å². The summed E-state index contributed by atoms with van der Waals surface area (Å²) < 4.78 is 21.5. The lowest BCUT2D eigenvalue weighted by atomic mass is 10.1. The molecule has 0 saturated carbocycles. The Kier molecular flexibility index (Phi) is 8.92. The second kappa shape index (κ2) is 11.8. The van der Waals surface area contributed by atoms with Gasteiger partial charge in [-0.05, 0) is 96.0 Å². The molecule has 1 aromatic heterocycles. The lowest BCUT2D eigenvalue weighted by Crippen LogP contribution is -2.35. The monoisotopic (exact) mass is 552 g/mol. The van der Waals surface area contributed by atoms with Crippen LogP contribution in [-0.4, -0.2) is 60.7 Å². The van der Waals surface area contributed by atoms with Crippen molar-refractivity contribution in [1.29, 1.82) is 0 Å². The van der Waals surface area contributed by atoms with Crippen LogP contribution < -0.4 is 4.90 Å². The molecule has 1 aliphatic heterocycles. The third kappa shape index (κ3) is 7.40. The van der Waals surface area contributed by atoms with Crippen LogP contribution in [0.3, 0.4) is 0 Å². The first kappa shape index (κ1) is 30.2. The zero-order chi connectivity index (χ0) is 29.8. The molecule has 0 N–H and O–H groups in total. The molecule has 40 heavy (non-hydrogen) atoms. The molecule has 2 aromatic carbocycles. The quantitative estimate of drug-likeness (QED) is 0.282. The highest BCUT2D eigenvalue weighted by molar-refractivity contribution is 5.97. The summed E-state index contributed by atoms with van der Waals surface area (Å²) in [5, 5.41) is 0.777. The highest BCUT2D eigenvalue weighted by Crippen LogP contribution is 2.30. The number of carbonyl (C=O) groups is 4. The lowest BCUT2D eigenvalue weighted by Gasteiger charge is -2.24. The number of esters is 2. The van der Waals surface area contributed by atoms with Gasteiger partial charge in [-0.3, -0.25) is 9.47 Å². The third-order valence-corrected chi connectivity index (χ3v) is 5.71. The van der Waals surface area contributed by atoms with E-state index in [2.05, 4.69) is 4.74 Å². The molecule has 0 spiro atoms.